The van der Waals surface area contributed by atoms with Crippen LogP contribution in [-0.2, 0) is 14.3 Å². The lowest BCUT2D eigenvalue weighted by Crippen LogP contribution is -2.37. The van der Waals surface area contributed by atoms with Crippen LogP contribution in [0.4, 0.5) is 13.2 Å². The van der Waals surface area contributed by atoms with Gasteiger partial charge in [-0.1, -0.05) is 0 Å². The Morgan fingerprint density at radius 1 is 1.35 bits per heavy atom. The number of carbonyl (C=O) groups excluding carboxylic acids is 2. The Balaban J connectivity index is 2.26. The van der Waals surface area contributed by atoms with Crippen molar-refractivity contribution in [2.45, 2.75) is 12.6 Å². The molecular weight excluding hydrogens is 241 g/mol. The summed E-state index contributed by atoms with van der Waals surface area (Å²) in [5.41, 5.74) is 0. The van der Waals surface area contributed by atoms with Crippen LogP contribution >= 0.6 is 0 Å². The van der Waals surface area contributed by atoms with Crippen LogP contribution in [0, 0.1) is 0 Å². The van der Waals surface area contributed by atoms with E-state index in [1.54, 1.807) is 0 Å². The molecule has 2 amide bonds. The smallest absolute Gasteiger partial charge is 0.370 e. The molecular formula is C9H13F3N2O3. The molecule has 0 unspecified atom stereocenters. The summed E-state index contributed by atoms with van der Waals surface area (Å²) in [6.45, 7) is -1.37. The van der Waals surface area contributed by atoms with E-state index in [1.807, 2.05) is 0 Å². The van der Waals surface area contributed by atoms with Gasteiger partial charge in [-0.2, -0.15) is 13.2 Å². The first kappa shape index (κ1) is 13.8. The molecule has 1 heterocycles. The number of amides is 2. The van der Waals surface area contributed by atoms with E-state index in [2.05, 4.69) is 10.1 Å². The number of hydrogen-bond acceptors (Lipinski definition) is 3. The van der Waals surface area contributed by atoms with Crippen LogP contribution in [0.3, 0.4) is 0 Å². The zero-order valence-electron chi connectivity index (χ0n) is 9.05. The summed E-state index contributed by atoms with van der Waals surface area (Å²) in [4.78, 5) is 23.7. The number of nitrogens with one attached hydrogen (secondary N) is 1. The summed E-state index contributed by atoms with van der Waals surface area (Å²) in [6.07, 6.45) is -4.20. The number of halogens is 3. The molecule has 17 heavy (non-hydrogen) atoms. The van der Waals surface area contributed by atoms with Gasteiger partial charge in [-0.25, -0.2) is 0 Å². The van der Waals surface area contributed by atoms with E-state index in [9.17, 15) is 22.8 Å². The van der Waals surface area contributed by atoms with Gasteiger partial charge < -0.3 is 15.0 Å². The van der Waals surface area contributed by atoms with Crippen molar-refractivity contribution in [1.29, 1.82) is 0 Å². The molecule has 0 aromatic carbocycles. The number of rotatable bonds is 4. The Bertz CT molecular complexity index is 294. The van der Waals surface area contributed by atoms with Gasteiger partial charge in [0, 0.05) is 19.5 Å². The second-order valence-corrected chi connectivity index (χ2v) is 3.58. The summed E-state index contributed by atoms with van der Waals surface area (Å²) in [6, 6.07) is 0. The van der Waals surface area contributed by atoms with E-state index in [-0.39, 0.29) is 44.5 Å². The van der Waals surface area contributed by atoms with E-state index in [4.69, 9.17) is 0 Å². The second-order valence-electron chi connectivity index (χ2n) is 3.58. The highest BCUT2D eigenvalue weighted by atomic mass is 19.4. The van der Waals surface area contributed by atoms with Crippen LogP contribution in [0.1, 0.15) is 6.42 Å². The van der Waals surface area contributed by atoms with Crippen molar-refractivity contribution in [1.82, 2.24) is 10.2 Å². The Kier molecular flexibility index (Phi) is 4.73. The number of alkyl halides is 3. The summed E-state index contributed by atoms with van der Waals surface area (Å²) >= 11 is 0. The third-order valence-corrected chi connectivity index (χ3v) is 2.17. The van der Waals surface area contributed by atoms with Crippen molar-refractivity contribution in [2.75, 3.05) is 32.8 Å². The Labute approximate surface area is 95.9 Å². The van der Waals surface area contributed by atoms with Gasteiger partial charge in [-0.05, 0) is 0 Å². The van der Waals surface area contributed by atoms with Crippen LogP contribution in [0.5, 0.6) is 0 Å². The quantitative estimate of drug-likeness (QED) is 0.713. The van der Waals surface area contributed by atoms with Crippen LogP contribution in [0.25, 0.3) is 0 Å². The molecule has 0 spiro atoms. The Morgan fingerprint density at radius 3 is 2.71 bits per heavy atom. The lowest BCUT2D eigenvalue weighted by Gasteiger charge is -2.19. The largest absolute Gasteiger partial charge is 0.411 e. The molecule has 5 nitrogen and oxygen atoms in total. The van der Waals surface area contributed by atoms with E-state index in [1.165, 1.54) is 4.90 Å². The predicted molar refractivity (Wildman–Crippen MR) is 51.1 cm³/mol. The van der Waals surface area contributed by atoms with Crippen molar-refractivity contribution in [2.24, 2.45) is 0 Å². The van der Waals surface area contributed by atoms with Crippen molar-refractivity contribution < 1.29 is 27.5 Å². The van der Waals surface area contributed by atoms with Crippen molar-refractivity contribution >= 4 is 11.8 Å². The van der Waals surface area contributed by atoms with Crippen LogP contribution in [-0.4, -0.2) is 55.7 Å². The molecule has 0 bridgehead atoms. The highest BCUT2D eigenvalue weighted by Crippen LogP contribution is 2.14. The van der Waals surface area contributed by atoms with Crippen molar-refractivity contribution in [3.8, 4) is 0 Å². The van der Waals surface area contributed by atoms with Crippen LogP contribution in [0.2, 0.25) is 0 Å². The molecule has 0 aromatic heterocycles. The minimum absolute atomic E-state index is 0.0594. The maximum absolute atomic E-state index is 11.8. The molecule has 8 heteroatoms. The molecule has 1 aliphatic rings. The zero-order chi connectivity index (χ0) is 12.9. The maximum atomic E-state index is 11.8. The maximum Gasteiger partial charge on any atom is 0.411 e. The minimum Gasteiger partial charge on any atom is -0.370 e. The van der Waals surface area contributed by atoms with E-state index in [0.29, 0.717) is 0 Å². The lowest BCUT2D eigenvalue weighted by molar-refractivity contribution is -0.174. The third kappa shape index (κ3) is 5.53. The first-order valence-electron chi connectivity index (χ1n) is 5.07. The third-order valence-electron chi connectivity index (χ3n) is 2.17. The average molecular weight is 254 g/mol. The summed E-state index contributed by atoms with van der Waals surface area (Å²) in [5.74, 6) is -0.552. The van der Waals surface area contributed by atoms with Gasteiger partial charge in [-0.15, -0.1) is 0 Å². The van der Waals surface area contributed by atoms with Gasteiger partial charge in [0.15, 0.2) is 0 Å². The SMILES string of the molecule is O=C1CCN(CCOCC(F)(F)F)C(=O)CN1. The molecule has 1 N–H and O–H groups in total. The molecule has 0 radical (unpaired) electrons. The van der Waals surface area contributed by atoms with Gasteiger partial charge in [0.1, 0.15) is 6.61 Å². The molecule has 0 aromatic rings. The minimum atomic E-state index is -4.36. The first-order chi connectivity index (χ1) is 7.88. The molecule has 0 aliphatic carbocycles. The topological polar surface area (TPSA) is 58.6 Å². The lowest BCUT2D eigenvalue weighted by atomic mass is 10.4. The standard InChI is InChI=1S/C9H13F3N2O3/c10-9(11,12)6-17-4-3-14-2-1-7(15)13-5-8(14)16/h1-6H2,(H,13,15). The van der Waals surface area contributed by atoms with Gasteiger partial charge in [0.2, 0.25) is 11.8 Å². The van der Waals surface area contributed by atoms with Gasteiger partial charge in [-0.3, -0.25) is 9.59 Å². The van der Waals surface area contributed by atoms with E-state index >= 15 is 0 Å². The Morgan fingerprint density at radius 2 is 2.06 bits per heavy atom. The summed E-state index contributed by atoms with van der Waals surface area (Å²) in [7, 11) is 0. The number of carbonyl (C=O) groups is 2. The summed E-state index contributed by atoms with van der Waals surface area (Å²) in [5, 5.41) is 2.39. The molecule has 1 rings (SSSR count). The average Bonchev–Trinajstić information content (AvgIpc) is 2.37. The highest BCUT2D eigenvalue weighted by molar-refractivity contribution is 5.87. The van der Waals surface area contributed by atoms with Crippen molar-refractivity contribution in [3.63, 3.8) is 0 Å². The molecule has 1 saturated heterocycles. The van der Waals surface area contributed by atoms with E-state index in [0.717, 1.165) is 0 Å². The zero-order valence-corrected chi connectivity index (χ0v) is 9.05. The monoisotopic (exact) mass is 254 g/mol. The fourth-order valence-corrected chi connectivity index (χ4v) is 1.33. The van der Waals surface area contributed by atoms with Gasteiger partial charge in [0.05, 0.1) is 13.2 Å². The fraction of sp³-hybridized carbons (Fsp3) is 0.778. The molecule has 0 saturated carbocycles. The Hall–Kier alpha value is -1.31. The first-order valence-corrected chi connectivity index (χ1v) is 5.07. The molecule has 1 fully saturated rings. The van der Waals surface area contributed by atoms with Gasteiger partial charge in [0.25, 0.3) is 0 Å². The number of hydrogen-bond donors (Lipinski definition) is 1. The highest BCUT2D eigenvalue weighted by Gasteiger charge is 2.27. The number of nitrogens with zero attached hydrogens (tertiary/aromatic N) is 1. The van der Waals surface area contributed by atoms with Crippen LogP contribution in [0.15, 0.2) is 0 Å². The molecule has 98 valence electrons. The summed E-state index contributed by atoms with van der Waals surface area (Å²) < 4.78 is 39.7. The second kappa shape index (κ2) is 5.85. The fourth-order valence-electron chi connectivity index (χ4n) is 1.33. The van der Waals surface area contributed by atoms with Crippen LogP contribution < -0.4 is 5.32 Å². The van der Waals surface area contributed by atoms with Crippen molar-refractivity contribution in [3.05, 3.63) is 0 Å². The molecule has 1 aliphatic heterocycles. The predicted octanol–water partition coefficient (Wildman–Crippen LogP) is -0.0862. The van der Waals surface area contributed by atoms with Gasteiger partial charge >= 0.3 is 6.18 Å². The normalized spacial score (nSPS) is 17.9. The number of ether oxygens (including phenoxy) is 1. The molecule has 0 atom stereocenters. The van der Waals surface area contributed by atoms with E-state index < -0.39 is 12.8 Å².